The van der Waals surface area contributed by atoms with E-state index in [4.69, 9.17) is 21.1 Å². The number of nitrogens with zero attached hydrogens (tertiary/aromatic N) is 1. The number of carbonyl (C=O) groups is 1. The number of rotatable bonds is 9. The maximum absolute atomic E-state index is 12.5. The molecule has 0 aromatic heterocycles. The van der Waals surface area contributed by atoms with Crippen LogP contribution in [-0.2, 0) is 14.8 Å². The van der Waals surface area contributed by atoms with Crippen LogP contribution in [0.3, 0.4) is 0 Å². The summed E-state index contributed by atoms with van der Waals surface area (Å²) in [7, 11) is -3.43. The second kappa shape index (κ2) is 10.1. The van der Waals surface area contributed by atoms with Gasteiger partial charge in [0.05, 0.1) is 11.4 Å². The lowest BCUT2D eigenvalue weighted by Gasteiger charge is -2.16. The Hall–Kier alpha value is -2.29. The number of halogens is 1. The van der Waals surface area contributed by atoms with Gasteiger partial charge >= 0.3 is 0 Å². The van der Waals surface area contributed by atoms with Crippen molar-refractivity contribution < 1.29 is 22.7 Å². The normalized spacial score (nSPS) is 15.5. The van der Waals surface area contributed by atoms with Gasteiger partial charge in [-0.3, -0.25) is 4.79 Å². The molecule has 1 atom stereocenters. The molecule has 0 spiro atoms. The number of amides is 1. The maximum Gasteiger partial charge on any atom is 0.260 e. The second-order valence-corrected chi connectivity index (χ2v) is 9.31. The Kier molecular flexibility index (Phi) is 7.58. The number of carbonyl (C=O) groups excluding carboxylic acids is 1. The number of nitrogens with one attached hydrogen (secondary N) is 1. The van der Waals surface area contributed by atoms with Gasteiger partial charge in [0.15, 0.2) is 6.10 Å². The van der Waals surface area contributed by atoms with Gasteiger partial charge < -0.3 is 14.8 Å². The highest BCUT2D eigenvalue weighted by molar-refractivity contribution is 7.89. The molecular weight excluding hydrogens is 428 g/mol. The van der Waals surface area contributed by atoms with E-state index in [2.05, 4.69) is 5.32 Å². The standard InChI is InChI=1S/C21H25ClN2O5S/c1-16(29-19-6-4-5-17(22)15-19)21(25)23-11-14-28-18-7-9-20(10-8-18)30(26,27)24-12-2-3-13-24/h4-10,15-16H,2-3,11-14H2,1H3,(H,23,25). The predicted molar refractivity (Wildman–Crippen MR) is 114 cm³/mol. The molecule has 9 heteroatoms. The lowest BCUT2D eigenvalue weighted by atomic mass is 10.3. The van der Waals surface area contributed by atoms with E-state index in [1.54, 1.807) is 55.5 Å². The first-order valence-electron chi connectivity index (χ1n) is 9.79. The lowest BCUT2D eigenvalue weighted by molar-refractivity contribution is -0.127. The van der Waals surface area contributed by atoms with Gasteiger partial charge in [-0.2, -0.15) is 4.31 Å². The molecule has 1 unspecified atom stereocenters. The zero-order chi connectivity index (χ0) is 21.6. The highest BCUT2D eigenvalue weighted by Crippen LogP contribution is 2.23. The summed E-state index contributed by atoms with van der Waals surface area (Å²) in [4.78, 5) is 12.4. The first kappa shape index (κ1) is 22.4. The molecule has 7 nitrogen and oxygen atoms in total. The molecule has 0 bridgehead atoms. The summed E-state index contributed by atoms with van der Waals surface area (Å²) in [6.45, 7) is 3.32. The molecule has 1 aliphatic heterocycles. The fraction of sp³-hybridized carbons (Fsp3) is 0.381. The monoisotopic (exact) mass is 452 g/mol. The smallest absolute Gasteiger partial charge is 0.260 e. The number of hydrogen-bond acceptors (Lipinski definition) is 5. The summed E-state index contributed by atoms with van der Waals surface area (Å²) < 4.78 is 37.7. The molecule has 1 saturated heterocycles. The van der Waals surface area contributed by atoms with Gasteiger partial charge in [-0.05, 0) is 62.2 Å². The summed E-state index contributed by atoms with van der Waals surface area (Å²) in [5.74, 6) is 0.781. The SMILES string of the molecule is CC(Oc1cccc(Cl)c1)C(=O)NCCOc1ccc(S(=O)(=O)N2CCCC2)cc1. The van der Waals surface area contributed by atoms with Crippen molar-refractivity contribution in [1.29, 1.82) is 0 Å². The van der Waals surface area contributed by atoms with Crippen molar-refractivity contribution in [1.82, 2.24) is 9.62 Å². The molecule has 0 saturated carbocycles. The minimum Gasteiger partial charge on any atom is -0.492 e. The topological polar surface area (TPSA) is 84.9 Å². The fourth-order valence-electron chi connectivity index (χ4n) is 3.07. The molecule has 1 N–H and O–H groups in total. The van der Waals surface area contributed by atoms with E-state index in [-0.39, 0.29) is 24.0 Å². The Morgan fingerprint density at radius 2 is 1.83 bits per heavy atom. The van der Waals surface area contributed by atoms with Gasteiger partial charge in [-0.1, -0.05) is 17.7 Å². The van der Waals surface area contributed by atoms with Gasteiger partial charge in [-0.25, -0.2) is 8.42 Å². The van der Waals surface area contributed by atoms with E-state index in [1.807, 2.05) is 0 Å². The molecule has 162 valence electrons. The van der Waals surface area contributed by atoms with Crippen LogP contribution in [0.2, 0.25) is 5.02 Å². The van der Waals surface area contributed by atoms with Crippen LogP contribution in [0.4, 0.5) is 0 Å². The minimum absolute atomic E-state index is 0.244. The molecule has 0 radical (unpaired) electrons. The van der Waals surface area contributed by atoms with Crippen molar-refractivity contribution in [2.45, 2.75) is 30.8 Å². The molecule has 30 heavy (non-hydrogen) atoms. The first-order chi connectivity index (χ1) is 14.4. The van der Waals surface area contributed by atoms with E-state index in [0.29, 0.717) is 29.6 Å². The molecule has 2 aromatic carbocycles. The fourth-order valence-corrected chi connectivity index (χ4v) is 4.77. The van der Waals surface area contributed by atoms with Crippen LogP contribution < -0.4 is 14.8 Å². The molecular formula is C21H25ClN2O5S. The summed E-state index contributed by atoms with van der Waals surface area (Å²) in [6.07, 6.45) is 1.11. The van der Waals surface area contributed by atoms with Gasteiger partial charge in [-0.15, -0.1) is 0 Å². The average Bonchev–Trinajstić information content (AvgIpc) is 3.27. The van der Waals surface area contributed by atoms with E-state index in [1.165, 1.54) is 4.31 Å². The summed E-state index contributed by atoms with van der Waals surface area (Å²) in [6, 6.07) is 13.2. The van der Waals surface area contributed by atoms with Crippen LogP contribution in [0, 0.1) is 0 Å². The van der Waals surface area contributed by atoms with Crippen LogP contribution in [0.1, 0.15) is 19.8 Å². The molecule has 1 heterocycles. The Morgan fingerprint density at radius 1 is 1.13 bits per heavy atom. The molecule has 3 rings (SSSR count). The Bertz CT molecular complexity index is 960. The van der Waals surface area contributed by atoms with E-state index < -0.39 is 16.1 Å². The van der Waals surface area contributed by atoms with Crippen molar-refractivity contribution in [3.8, 4) is 11.5 Å². The molecule has 1 aliphatic rings. The summed E-state index contributed by atoms with van der Waals surface area (Å²) in [5, 5.41) is 3.27. The number of ether oxygens (including phenoxy) is 2. The summed E-state index contributed by atoms with van der Waals surface area (Å²) in [5.41, 5.74) is 0. The van der Waals surface area contributed by atoms with E-state index in [0.717, 1.165) is 12.8 Å². The zero-order valence-corrected chi connectivity index (χ0v) is 18.3. The highest BCUT2D eigenvalue weighted by atomic mass is 35.5. The van der Waals surface area contributed by atoms with Gasteiger partial charge in [0.1, 0.15) is 18.1 Å². The third kappa shape index (κ3) is 5.87. The summed E-state index contributed by atoms with van der Waals surface area (Å²) >= 11 is 5.90. The minimum atomic E-state index is -3.43. The predicted octanol–water partition coefficient (Wildman–Crippen LogP) is 3.09. The van der Waals surface area contributed by atoms with Crippen LogP contribution in [-0.4, -0.2) is 51.0 Å². The number of sulfonamides is 1. The average molecular weight is 453 g/mol. The molecule has 0 aliphatic carbocycles. The maximum atomic E-state index is 12.5. The highest BCUT2D eigenvalue weighted by Gasteiger charge is 2.26. The van der Waals surface area contributed by atoms with Crippen LogP contribution in [0.25, 0.3) is 0 Å². The van der Waals surface area contributed by atoms with E-state index in [9.17, 15) is 13.2 Å². The Balaban J connectivity index is 1.42. The largest absolute Gasteiger partial charge is 0.492 e. The zero-order valence-electron chi connectivity index (χ0n) is 16.7. The van der Waals surface area contributed by atoms with Crippen molar-refractivity contribution in [2.24, 2.45) is 0 Å². The van der Waals surface area contributed by atoms with E-state index >= 15 is 0 Å². The van der Waals surface area contributed by atoms with Crippen molar-refractivity contribution in [3.63, 3.8) is 0 Å². The van der Waals surface area contributed by atoms with Crippen molar-refractivity contribution in [2.75, 3.05) is 26.2 Å². The van der Waals surface area contributed by atoms with Gasteiger partial charge in [0.2, 0.25) is 10.0 Å². The quantitative estimate of drug-likeness (QED) is 0.591. The lowest BCUT2D eigenvalue weighted by Crippen LogP contribution is -2.38. The second-order valence-electron chi connectivity index (χ2n) is 6.94. The molecule has 2 aromatic rings. The van der Waals surface area contributed by atoms with Gasteiger partial charge in [0.25, 0.3) is 5.91 Å². The van der Waals surface area contributed by atoms with Gasteiger partial charge in [0, 0.05) is 18.1 Å². The van der Waals surface area contributed by atoms with Crippen molar-refractivity contribution in [3.05, 3.63) is 53.6 Å². The first-order valence-corrected chi connectivity index (χ1v) is 11.6. The Labute approximate surface area is 182 Å². The molecule has 1 fully saturated rings. The molecule has 1 amide bonds. The third-order valence-corrected chi connectivity index (χ3v) is 6.82. The Morgan fingerprint density at radius 3 is 2.50 bits per heavy atom. The third-order valence-electron chi connectivity index (χ3n) is 4.67. The van der Waals surface area contributed by atoms with Crippen LogP contribution in [0.5, 0.6) is 11.5 Å². The number of hydrogen-bond donors (Lipinski definition) is 1. The number of benzene rings is 2. The van der Waals surface area contributed by atoms with Crippen LogP contribution >= 0.6 is 11.6 Å². The van der Waals surface area contributed by atoms with Crippen LogP contribution in [0.15, 0.2) is 53.4 Å². The van der Waals surface area contributed by atoms with Crippen molar-refractivity contribution >= 4 is 27.5 Å².